The van der Waals surface area contributed by atoms with Gasteiger partial charge in [-0.15, -0.1) is 0 Å². The molecule has 1 aliphatic rings. The molecule has 1 aliphatic heterocycles. The van der Waals surface area contributed by atoms with E-state index in [4.69, 9.17) is 0 Å². The van der Waals surface area contributed by atoms with E-state index in [9.17, 15) is 0 Å². The molecule has 2 aromatic rings. The zero-order valence-corrected chi connectivity index (χ0v) is 10.9. The van der Waals surface area contributed by atoms with Crippen LogP contribution in [0.5, 0.6) is 0 Å². The summed E-state index contributed by atoms with van der Waals surface area (Å²) in [4.78, 5) is 8.86. The van der Waals surface area contributed by atoms with Crippen molar-refractivity contribution in [1.29, 1.82) is 0 Å². The van der Waals surface area contributed by atoms with Crippen molar-refractivity contribution in [3.63, 3.8) is 0 Å². The highest BCUT2D eigenvalue weighted by Crippen LogP contribution is 2.22. The summed E-state index contributed by atoms with van der Waals surface area (Å²) in [5.74, 6) is 0. The minimum absolute atomic E-state index is 0.922. The Morgan fingerprint density at radius 3 is 3.06 bits per heavy atom. The second kappa shape index (κ2) is 5.27. The fourth-order valence-corrected chi connectivity index (χ4v) is 2.78. The summed E-state index contributed by atoms with van der Waals surface area (Å²) in [7, 11) is 0. The molecule has 18 heavy (non-hydrogen) atoms. The summed E-state index contributed by atoms with van der Waals surface area (Å²) in [6, 6.07) is 6.19. The lowest BCUT2D eigenvalue weighted by atomic mass is 9.95. The second-order valence-corrected chi connectivity index (χ2v) is 5.08. The van der Waals surface area contributed by atoms with Crippen molar-refractivity contribution < 1.29 is 0 Å². The molecule has 2 aromatic heterocycles. The molecule has 3 rings (SSSR count). The first kappa shape index (κ1) is 11.4. The number of allylic oxidation sites excluding steroid dienone is 1. The van der Waals surface area contributed by atoms with E-state index in [2.05, 4.69) is 38.9 Å². The molecule has 0 atom stereocenters. The van der Waals surface area contributed by atoms with Crippen molar-refractivity contribution in [2.24, 2.45) is 4.99 Å². The Labute approximate surface area is 111 Å². The Hall–Kier alpha value is -1.74. The monoisotopic (exact) mass is 254 g/mol. The molecule has 0 unspecified atom stereocenters. The number of aromatic nitrogens is 1. The number of pyridine rings is 1. The third-order valence-electron chi connectivity index (χ3n) is 3.00. The zero-order chi connectivity index (χ0) is 12.2. The maximum absolute atomic E-state index is 4.67. The summed E-state index contributed by atoms with van der Waals surface area (Å²) in [6.45, 7) is 0.922. The van der Waals surface area contributed by atoms with E-state index in [0.717, 1.165) is 30.7 Å². The fraction of sp³-hybridized carbons (Fsp3) is 0.200. The van der Waals surface area contributed by atoms with Gasteiger partial charge in [0.05, 0.1) is 5.71 Å². The molecule has 2 nitrogen and oxygen atoms in total. The topological polar surface area (TPSA) is 25.2 Å². The molecule has 0 fully saturated rings. The van der Waals surface area contributed by atoms with Crippen molar-refractivity contribution in [2.75, 3.05) is 6.54 Å². The first-order valence-electron chi connectivity index (χ1n) is 6.11. The summed E-state index contributed by atoms with van der Waals surface area (Å²) in [6.07, 6.45) is 8.19. The predicted octanol–water partition coefficient (Wildman–Crippen LogP) is 3.81. The van der Waals surface area contributed by atoms with Crippen LogP contribution in [0.1, 0.15) is 24.0 Å². The maximum atomic E-state index is 4.67. The van der Waals surface area contributed by atoms with E-state index < -0.39 is 0 Å². The van der Waals surface area contributed by atoms with Crippen LogP contribution in [-0.4, -0.2) is 17.2 Å². The predicted molar refractivity (Wildman–Crippen MR) is 77.2 cm³/mol. The van der Waals surface area contributed by atoms with Crippen LogP contribution in [0.25, 0.3) is 6.08 Å². The summed E-state index contributed by atoms with van der Waals surface area (Å²) in [5.41, 5.74) is 4.83. The van der Waals surface area contributed by atoms with Crippen LogP contribution in [0.2, 0.25) is 0 Å². The summed E-state index contributed by atoms with van der Waals surface area (Å²) in [5, 5.41) is 4.28. The van der Waals surface area contributed by atoms with Gasteiger partial charge in [0.25, 0.3) is 0 Å². The van der Waals surface area contributed by atoms with Gasteiger partial charge in [0.1, 0.15) is 0 Å². The number of nitrogens with zero attached hydrogens (tertiary/aromatic N) is 2. The van der Waals surface area contributed by atoms with Crippen LogP contribution in [0.4, 0.5) is 0 Å². The molecular weight excluding hydrogens is 240 g/mol. The quantitative estimate of drug-likeness (QED) is 0.800. The Balaban J connectivity index is 1.99. The average Bonchev–Trinajstić information content (AvgIpc) is 2.93. The van der Waals surface area contributed by atoms with E-state index in [0.29, 0.717) is 0 Å². The Kier molecular flexibility index (Phi) is 3.33. The maximum Gasteiger partial charge on any atom is 0.0694 e. The number of aliphatic imine (C=N–C) groups is 1. The molecule has 0 saturated heterocycles. The lowest BCUT2D eigenvalue weighted by Gasteiger charge is -2.16. The van der Waals surface area contributed by atoms with E-state index in [-0.39, 0.29) is 0 Å². The molecule has 0 aromatic carbocycles. The lowest BCUT2D eigenvalue weighted by molar-refractivity contribution is 0.818. The van der Waals surface area contributed by atoms with Gasteiger partial charge >= 0.3 is 0 Å². The highest BCUT2D eigenvalue weighted by molar-refractivity contribution is 7.08. The van der Waals surface area contributed by atoms with E-state index in [1.165, 1.54) is 11.1 Å². The fourth-order valence-electron chi connectivity index (χ4n) is 2.16. The number of hydrogen-bond acceptors (Lipinski definition) is 3. The van der Waals surface area contributed by atoms with Crippen LogP contribution in [0.15, 0.2) is 51.9 Å². The summed E-state index contributed by atoms with van der Waals surface area (Å²) >= 11 is 1.73. The first-order chi connectivity index (χ1) is 8.93. The van der Waals surface area contributed by atoms with Gasteiger partial charge in [-0.1, -0.05) is 0 Å². The van der Waals surface area contributed by atoms with E-state index in [1.54, 1.807) is 17.5 Å². The third kappa shape index (κ3) is 2.41. The van der Waals surface area contributed by atoms with Gasteiger partial charge in [0.2, 0.25) is 0 Å². The van der Waals surface area contributed by atoms with Crippen molar-refractivity contribution in [3.8, 4) is 0 Å². The number of rotatable bonds is 2. The molecule has 0 saturated carbocycles. The molecule has 3 heterocycles. The standard InChI is InChI=1S/C15H14N2S/c1-4-14(10-16-6-1)15-13(3-2-7-17-15)9-12-5-8-18-11-12/h1,4-6,8-11H,2-3,7H2. The molecule has 0 bridgehead atoms. The van der Waals surface area contributed by atoms with Crippen LogP contribution in [-0.2, 0) is 0 Å². The SMILES string of the molecule is C(=C1CCCN=C1c1cccnc1)c1ccsc1. The molecule has 0 N–H and O–H groups in total. The normalized spacial score (nSPS) is 17.8. The van der Waals surface area contributed by atoms with Crippen LogP contribution >= 0.6 is 11.3 Å². The van der Waals surface area contributed by atoms with Gasteiger partial charge in [-0.25, -0.2) is 0 Å². The number of thiophene rings is 1. The van der Waals surface area contributed by atoms with Crippen LogP contribution in [0, 0.1) is 0 Å². The smallest absolute Gasteiger partial charge is 0.0694 e. The first-order valence-corrected chi connectivity index (χ1v) is 7.06. The molecule has 90 valence electrons. The Morgan fingerprint density at radius 2 is 2.28 bits per heavy atom. The van der Waals surface area contributed by atoms with E-state index >= 15 is 0 Å². The third-order valence-corrected chi connectivity index (χ3v) is 3.70. The van der Waals surface area contributed by atoms with Gasteiger partial charge in [-0.05, 0) is 59.0 Å². The van der Waals surface area contributed by atoms with Gasteiger partial charge in [0.15, 0.2) is 0 Å². The van der Waals surface area contributed by atoms with Crippen LogP contribution < -0.4 is 0 Å². The Bertz CT molecular complexity index is 568. The zero-order valence-electron chi connectivity index (χ0n) is 10.0. The second-order valence-electron chi connectivity index (χ2n) is 4.30. The largest absolute Gasteiger partial charge is 0.284 e. The molecule has 0 amide bonds. The average molecular weight is 254 g/mol. The molecule has 0 radical (unpaired) electrons. The number of hydrogen-bond donors (Lipinski definition) is 0. The minimum atomic E-state index is 0.922. The molecule has 0 spiro atoms. The van der Waals surface area contributed by atoms with Gasteiger partial charge in [-0.3, -0.25) is 9.98 Å². The van der Waals surface area contributed by atoms with Crippen molar-refractivity contribution in [2.45, 2.75) is 12.8 Å². The highest BCUT2D eigenvalue weighted by Gasteiger charge is 2.13. The van der Waals surface area contributed by atoms with Crippen molar-refractivity contribution in [1.82, 2.24) is 4.98 Å². The van der Waals surface area contributed by atoms with Gasteiger partial charge < -0.3 is 0 Å². The molecule has 0 aliphatic carbocycles. The Morgan fingerprint density at radius 1 is 1.28 bits per heavy atom. The molecule has 3 heteroatoms. The lowest BCUT2D eigenvalue weighted by Crippen LogP contribution is -2.11. The summed E-state index contributed by atoms with van der Waals surface area (Å²) < 4.78 is 0. The van der Waals surface area contributed by atoms with Crippen LogP contribution in [0.3, 0.4) is 0 Å². The van der Waals surface area contributed by atoms with Crippen molar-refractivity contribution in [3.05, 3.63) is 58.1 Å². The van der Waals surface area contributed by atoms with Crippen molar-refractivity contribution >= 4 is 23.1 Å². The van der Waals surface area contributed by atoms with E-state index in [1.807, 2.05) is 12.3 Å². The minimum Gasteiger partial charge on any atom is -0.284 e. The van der Waals surface area contributed by atoms with Gasteiger partial charge in [0, 0.05) is 24.5 Å². The highest BCUT2D eigenvalue weighted by atomic mass is 32.1. The van der Waals surface area contributed by atoms with Gasteiger partial charge in [-0.2, -0.15) is 11.3 Å². The molecular formula is C15H14N2S.